The molecular weight excluding hydrogens is 162 g/mol. The summed E-state index contributed by atoms with van der Waals surface area (Å²) >= 11 is 3.94. The molecule has 0 radical (unpaired) electrons. The Morgan fingerprint density at radius 2 is 2.45 bits per heavy atom. The molecule has 0 saturated carbocycles. The van der Waals surface area contributed by atoms with Crippen molar-refractivity contribution in [1.82, 2.24) is 0 Å². The molecule has 0 saturated heterocycles. The maximum absolute atomic E-state index is 10.9. The molecule has 0 aromatic carbocycles. The van der Waals surface area contributed by atoms with Gasteiger partial charge in [-0.3, -0.25) is 4.79 Å². The summed E-state index contributed by atoms with van der Waals surface area (Å²) in [5.41, 5.74) is 5.41. The van der Waals surface area contributed by atoms with Gasteiger partial charge in [-0.25, -0.2) is 0 Å². The number of hydrogen-bond acceptors (Lipinski definition) is 4. The van der Waals surface area contributed by atoms with E-state index in [9.17, 15) is 4.79 Å². The predicted molar refractivity (Wildman–Crippen MR) is 47.6 cm³/mol. The van der Waals surface area contributed by atoms with Crippen LogP contribution in [0, 0.1) is 0 Å². The van der Waals surface area contributed by atoms with Gasteiger partial charge in [0.2, 0.25) is 0 Å². The van der Waals surface area contributed by atoms with Gasteiger partial charge < -0.3 is 10.5 Å². The fourth-order valence-corrected chi connectivity index (χ4v) is 0.783. The average molecular weight is 175 g/mol. The highest BCUT2D eigenvalue weighted by molar-refractivity contribution is 7.80. The molecule has 3 nitrogen and oxygen atoms in total. The molecule has 0 aliphatic carbocycles. The number of carbonyl (C=O) groups excluding carboxylic acids is 1. The molecule has 11 heavy (non-hydrogen) atoms. The van der Waals surface area contributed by atoms with E-state index in [-0.39, 0.29) is 12.6 Å². The predicted octanol–water partition coefficient (Wildman–Crippen LogP) is 0.363. The van der Waals surface area contributed by atoms with Crippen LogP contribution in [-0.2, 0) is 9.53 Å². The Morgan fingerprint density at radius 1 is 1.82 bits per heavy atom. The Morgan fingerprint density at radius 3 is 2.91 bits per heavy atom. The van der Waals surface area contributed by atoms with Crippen LogP contribution >= 0.6 is 12.6 Å². The molecule has 64 valence electrons. The standard InChI is InChI=1S/C7H13NO2S/c1-2-4-10-7(9)6(8)3-5-11/h2,6,11H,1,3-5,8H2/t6-/m0/s1. The molecule has 0 aliphatic heterocycles. The van der Waals surface area contributed by atoms with Crippen molar-refractivity contribution in [3.63, 3.8) is 0 Å². The monoisotopic (exact) mass is 175 g/mol. The first-order valence-corrected chi connectivity index (χ1v) is 3.99. The highest BCUT2D eigenvalue weighted by Gasteiger charge is 2.12. The lowest BCUT2D eigenvalue weighted by Crippen LogP contribution is -2.32. The second kappa shape index (κ2) is 6.24. The molecule has 0 spiro atoms. The summed E-state index contributed by atoms with van der Waals surface area (Å²) in [6.07, 6.45) is 2.05. The average Bonchev–Trinajstić information content (AvgIpc) is 2.00. The first-order chi connectivity index (χ1) is 5.22. The van der Waals surface area contributed by atoms with Crippen LogP contribution in [0.15, 0.2) is 12.7 Å². The number of carbonyl (C=O) groups is 1. The maximum atomic E-state index is 10.9. The van der Waals surface area contributed by atoms with Crippen molar-refractivity contribution in [2.75, 3.05) is 12.4 Å². The number of thiol groups is 1. The van der Waals surface area contributed by atoms with E-state index < -0.39 is 6.04 Å². The second-order valence-electron chi connectivity index (χ2n) is 2.04. The van der Waals surface area contributed by atoms with E-state index in [2.05, 4.69) is 23.9 Å². The van der Waals surface area contributed by atoms with Crippen molar-refractivity contribution in [2.24, 2.45) is 5.73 Å². The summed E-state index contributed by atoms with van der Waals surface area (Å²) in [5.74, 6) is 0.198. The van der Waals surface area contributed by atoms with E-state index >= 15 is 0 Å². The minimum absolute atomic E-state index is 0.221. The van der Waals surface area contributed by atoms with Gasteiger partial charge in [0, 0.05) is 0 Å². The molecule has 1 atom stereocenters. The van der Waals surface area contributed by atoms with Crippen molar-refractivity contribution < 1.29 is 9.53 Å². The minimum Gasteiger partial charge on any atom is -0.460 e. The van der Waals surface area contributed by atoms with Crippen molar-refractivity contribution >= 4 is 18.6 Å². The summed E-state index contributed by atoms with van der Waals surface area (Å²) in [6.45, 7) is 3.63. The van der Waals surface area contributed by atoms with Crippen molar-refractivity contribution in [3.8, 4) is 0 Å². The van der Waals surface area contributed by atoms with Crippen LogP contribution in [0.3, 0.4) is 0 Å². The molecule has 0 heterocycles. The summed E-state index contributed by atoms with van der Waals surface area (Å²) in [6, 6.07) is -0.549. The van der Waals surface area contributed by atoms with Crippen molar-refractivity contribution in [1.29, 1.82) is 0 Å². The van der Waals surface area contributed by atoms with Gasteiger partial charge >= 0.3 is 5.97 Å². The number of nitrogens with two attached hydrogens (primary N) is 1. The van der Waals surface area contributed by atoms with E-state index in [1.54, 1.807) is 0 Å². The van der Waals surface area contributed by atoms with Crippen molar-refractivity contribution in [2.45, 2.75) is 12.5 Å². The Bertz CT molecular complexity index is 138. The Hall–Kier alpha value is -0.480. The number of esters is 1. The first-order valence-electron chi connectivity index (χ1n) is 3.36. The lowest BCUT2D eigenvalue weighted by molar-refractivity contribution is -0.143. The van der Waals surface area contributed by atoms with Crippen LogP contribution in [0.4, 0.5) is 0 Å². The zero-order chi connectivity index (χ0) is 8.69. The molecule has 0 aromatic heterocycles. The highest BCUT2D eigenvalue weighted by atomic mass is 32.1. The maximum Gasteiger partial charge on any atom is 0.323 e. The Labute approximate surface area is 72.0 Å². The van der Waals surface area contributed by atoms with Gasteiger partial charge in [-0.2, -0.15) is 12.6 Å². The van der Waals surface area contributed by atoms with Crippen LogP contribution < -0.4 is 5.73 Å². The molecule has 0 aliphatic rings. The summed E-state index contributed by atoms with van der Waals surface area (Å²) in [4.78, 5) is 10.9. The normalized spacial score (nSPS) is 12.2. The van der Waals surface area contributed by atoms with Gasteiger partial charge in [-0.05, 0) is 12.2 Å². The fraction of sp³-hybridized carbons (Fsp3) is 0.571. The molecule has 0 amide bonds. The Balaban J connectivity index is 3.54. The summed E-state index contributed by atoms with van der Waals surface area (Å²) in [7, 11) is 0. The number of hydrogen-bond donors (Lipinski definition) is 2. The molecule has 4 heteroatoms. The minimum atomic E-state index is -0.549. The van der Waals surface area contributed by atoms with Gasteiger partial charge in [0.05, 0.1) is 0 Å². The smallest absolute Gasteiger partial charge is 0.323 e. The molecule has 0 bridgehead atoms. The third-order valence-corrected chi connectivity index (χ3v) is 1.34. The second-order valence-corrected chi connectivity index (χ2v) is 2.48. The van der Waals surface area contributed by atoms with E-state index in [1.807, 2.05) is 0 Å². The van der Waals surface area contributed by atoms with Gasteiger partial charge in [-0.15, -0.1) is 0 Å². The largest absolute Gasteiger partial charge is 0.460 e. The summed E-state index contributed by atoms with van der Waals surface area (Å²) in [5, 5.41) is 0. The third-order valence-electron chi connectivity index (χ3n) is 1.09. The third kappa shape index (κ3) is 4.86. The molecule has 2 N–H and O–H groups in total. The van der Waals surface area contributed by atoms with Gasteiger partial charge in [-0.1, -0.05) is 12.7 Å². The van der Waals surface area contributed by atoms with Crippen molar-refractivity contribution in [3.05, 3.63) is 12.7 Å². The Kier molecular flexibility index (Phi) is 5.97. The van der Waals surface area contributed by atoms with Crippen LogP contribution in [0.1, 0.15) is 6.42 Å². The quantitative estimate of drug-likeness (QED) is 0.360. The highest BCUT2D eigenvalue weighted by Crippen LogP contribution is 1.93. The van der Waals surface area contributed by atoms with Crippen LogP contribution in [0.2, 0.25) is 0 Å². The van der Waals surface area contributed by atoms with Gasteiger partial charge in [0.1, 0.15) is 12.6 Å². The SMILES string of the molecule is C=CCOC(=O)[C@@H](N)CCS. The van der Waals surface area contributed by atoms with E-state index in [4.69, 9.17) is 5.73 Å². The van der Waals surface area contributed by atoms with Gasteiger partial charge in [0.15, 0.2) is 0 Å². The molecular formula is C7H13NO2S. The molecule has 0 rings (SSSR count). The van der Waals surface area contributed by atoms with E-state index in [0.29, 0.717) is 12.2 Å². The zero-order valence-electron chi connectivity index (χ0n) is 6.32. The van der Waals surface area contributed by atoms with Crippen LogP contribution in [0.5, 0.6) is 0 Å². The first kappa shape index (κ1) is 10.5. The van der Waals surface area contributed by atoms with Crippen LogP contribution in [0.25, 0.3) is 0 Å². The lowest BCUT2D eigenvalue weighted by Gasteiger charge is -2.07. The van der Waals surface area contributed by atoms with E-state index in [1.165, 1.54) is 6.08 Å². The molecule has 0 fully saturated rings. The van der Waals surface area contributed by atoms with E-state index in [0.717, 1.165) is 0 Å². The number of rotatable bonds is 5. The molecule has 0 unspecified atom stereocenters. The van der Waals surface area contributed by atoms with Gasteiger partial charge in [0.25, 0.3) is 0 Å². The lowest BCUT2D eigenvalue weighted by atomic mass is 10.2. The topological polar surface area (TPSA) is 52.3 Å². The number of ether oxygens (including phenoxy) is 1. The molecule has 0 aromatic rings. The fourth-order valence-electron chi connectivity index (χ4n) is 0.505. The summed E-state index contributed by atoms with van der Waals surface area (Å²) < 4.78 is 4.69. The van der Waals surface area contributed by atoms with Crippen LogP contribution in [-0.4, -0.2) is 24.4 Å². The zero-order valence-corrected chi connectivity index (χ0v) is 7.22.